The normalized spacial score (nSPS) is 20.8. The zero-order chi connectivity index (χ0) is 20.0. The molecule has 0 unspecified atom stereocenters. The van der Waals surface area contributed by atoms with Crippen LogP contribution in [0.3, 0.4) is 0 Å². The number of pyridine rings is 1. The molecule has 4 heterocycles. The first-order chi connectivity index (χ1) is 14.0. The number of aromatic amines is 1. The molecule has 3 aromatic rings. The van der Waals surface area contributed by atoms with Crippen LogP contribution in [0.25, 0.3) is 10.9 Å². The van der Waals surface area contributed by atoms with E-state index in [1.807, 2.05) is 0 Å². The van der Waals surface area contributed by atoms with Gasteiger partial charge in [0, 0.05) is 19.3 Å². The topological polar surface area (TPSA) is 123 Å². The number of fused-ring (bicyclic) bond motifs is 1. The van der Waals surface area contributed by atoms with Crippen LogP contribution in [0.2, 0.25) is 0 Å². The third-order valence-corrected chi connectivity index (χ3v) is 7.68. The van der Waals surface area contributed by atoms with Gasteiger partial charge >= 0.3 is 6.01 Å². The summed E-state index contributed by atoms with van der Waals surface area (Å²) in [5.41, 5.74) is 0.125. The summed E-state index contributed by atoms with van der Waals surface area (Å²) in [5, 5.41) is 4.56. The third kappa shape index (κ3) is 3.51. The predicted molar refractivity (Wildman–Crippen MR) is 104 cm³/mol. The Kier molecular flexibility index (Phi) is 4.36. The Bertz CT molecular complexity index is 1220. The molecule has 1 saturated heterocycles. The summed E-state index contributed by atoms with van der Waals surface area (Å²) >= 11 is 0. The number of nitrogens with zero attached hydrogens (tertiary/aromatic N) is 5. The Labute approximate surface area is 166 Å². The molecule has 1 saturated carbocycles. The fourth-order valence-electron chi connectivity index (χ4n) is 3.65. The van der Waals surface area contributed by atoms with Gasteiger partial charge in [-0.2, -0.15) is 14.4 Å². The Balaban J connectivity index is 1.34. The van der Waals surface area contributed by atoms with Crippen LogP contribution in [0.4, 0.5) is 0 Å². The molecule has 3 aromatic heterocycles. The first-order valence-electron chi connectivity index (χ1n) is 9.56. The first kappa shape index (κ1) is 18.3. The molecule has 152 valence electrons. The van der Waals surface area contributed by atoms with Gasteiger partial charge in [-0.15, -0.1) is 0 Å². The molecule has 29 heavy (non-hydrogen) atoms. The van der Waals surface area contributed by atoms with Gasteiger partial charge in [-0.3, -0.25) is 19.4 Å². The van der Waals surface area contributed by atoms with Crippen LogP contribution in [0.1, 0.15) is 31.7 Å². The molecule has 0 bridgehead atoms. The van der Waals surface area contributed by atoms with Gasteiger partial charge in [0.1, 0.15) is 0 Å². The van der Waals surface area contributed by atoms with E-state index >= 15 is 0 Å². The molecule has 1 atom stereocenters. The van der Waals surface area contributed by atoms with Gasteiger partial charge in [0.25, 0.3) is 5.56 Å². The van der Waals surface area contributed by atoms with Gasteiger partial charge in [0.2, 0.25) is 10.0 Å². The molecule has 1 N–H and O–H groups in total. The number of ether oxygens (including phenoxy) is 1. The highest BCUT2D eigenvalue weighted by Gasteiger charge is 2.41. The highest BCUT2D eigenvalue weighted by molar-refractivity contribution is 7.90. The molecule has 1 aliphatic carbocycles. The van der Waals surface area contributed by atoms with Crippen molar-refractivity contribution in [3.8, 4) is 11.8 Å². The van der Waals surface area contributed by atoms with E-state index in [-0.39, 0.29) is 22.9 Å². The fraction of sp³-hybridized carbons (Fsp3) is 0.444. The fourth-order valence-corrected chi connectivity index (χ4v) is 5.56. The minimum Gasteiger partial charge on any atom is -0.422 e. The lowest BCUT2D eigenvalue weighted by Gasteiger charge is -2.32. The van der Waals surface area contributed by atoms with Gasteiger partial charge in [-0.05, 0) is 31.7 Å². The zero-order valence-corrected chi connectivity index (χ0v) is 16.4. The van der Waals surface area contributed by atoms with Gasteiger partial charge in [-0.25, -0.2) is 8.42 Å². The van der Waals surface area contributed by atoms with Crippen LogP contribution in [-0.4, -0.2) is 55.8 Å². The molecular formula is C18H20N6O4S. The number of rotatable bonds is 5. The van der Waals surface area contributed by atoms with E-state index in [1.54, 1.807) is 21.3 Å². The lowest BCUT2D eigenvalue weighted by atomic mass is 10.1. The largest absolute Gasteiger partial charge is 0.422 e. The number of hydrogen-bond acceptors (Lipinski definition) is 7. The third-order valence-electron chi connectivity index (χ3n) is 5.32. The summed E-state index contributed by atoms with van der Waals surface area (Å²) in [7, 11) is -3.19. The molecule has 2 aliphatic rings. The van der Waals surface area contributed by atoms with E-state index in [9.17, 15) is 13.2 Å². The zero-order valence-electron chi connectivity index (χ0n) is 15.6. The SMILES string of the molecule is O=c1[nH]c(Oc2cnn([C@@H]3CCCN(S(=O)(=O)C4CC4)C3)c2)nc2cnccc12. The standard InChI is InChI=1S/C18H20N6O4S/c25-17-15-5-6-19-9-16(15)21-18(22-17)28-13-8-20-24(11-13)12-2-1-7-23(10-12)29(26,27)14-3-4-14/h5-6,8-9,11-12,14H,1-4,7,10H2,(H,21,22,25)/t12-/m1/s1. The highest BCUT2D eigenvalue weighted by atomic mass is 32.2. The maximum atomic E-state index is 12.5. The average Bonchev–Trinajstić information content (AvgIpc) is 3.49. The number of nitrogens with one attached hydrogen (secondary N) is 1. The molecule has 11 heteroatoms. The summed E-state index contributed by atoms with van der Waals surface area (Å²) in [5.74, 6) is 0.415. The van der Waals surface area contributed by atoms with E-state index < -0.39 is 10.0 Å². The van der Waals surface area contributed by atoms with Crippen LogP contribution in [0.5, 0.6) is 11.8 Å². The van der Waals surface area contributed by atoms with Crippen molar-refractivity contribution in [2.75, 3.05) is 13.1 Å². The second-order valence-electron chi connectivity index (χ2n) is 7.42. The number of piperidine rings is 1. The molecule has 0 radical (unpaired) electrons. The van der Waals surface area contributed by atoms with Crippen molar-refractivity contribution < 1.29 is 13.2 Å². The van der Waals surface area contributed by atoms with Crippen LogP contribution in [-0.2, 0) is 10.0 Å². The lowest BCUT2D eigenvalue weighted by molar-refractivity contribution is 0.253. The van der Waals surface area contributed by atoms with Gasteiger partial charge in [0.05, 0.1) is 40.8 Å². The van der Waals surface area contributed by atoms with Crippen molar-refractivity contribution in [2.24, 2.45) is 0 Å². The summed E-state index contributed by atoms with van der Waals surface area (Å²) in [6.07, 6.45) is 9.41. The number of sulfonamides is 1. The summed E-state index contributed by atoms with van der Waals surface area (Å²) in [6, 6.07) is 1.59. The highest BCUT2D eigenvalue weighted by Crippen LogP contribution is 2.34. The van der Waals surface area contributed by atoms with Crippen molar-refractivity contribution in [1.82, 2.24) is 29.0 Å². The predicted octanol–water partition coefficient (Wildman–Crippen LogP) is 1.44. The number of hydrogen-bond donors (Lipinski definition) is 1. The van der Waals surface area contributed by atoms with Gasteiger partial charge in [0.15, 0.2) is 5.75 Å². The minimum absolute atomic E-state index is 0.0524. The molecular weight excluding hydrogens is 396 g/mol. The van der Waals surface area contributed by atoms with E-state index in [1.165, 1.54) is 18.6 Å². The second kappa shape index (κ2) is 6.92. The van der Waals surface area contributed by atoms with E-state index in [0.717, 1.165) is 25.7 Å². The van der Waals surface area contributed by atoms with Crippen molar-refractivity contribution in [1.29, 1.82) is 0 Å². The first-order valence-corrected chi connectivity index (χ1v) is 11.1. The maximum absolute atomic E-state index is 12.5. The molecule has 0 spiro atoms. The molecule has 0 amide bonds. The summed E-state index contributed by atoms with van der Waals surface area (Å²) < 4.78 is 34.1. The quantitative estimate of drug-likeness (QED) is 0.667. The van der Waals surface area contributed by atoms with E-state index in [2.05, 4.69) is 20.1 Å². The monoisotopic (exact) mass is 416 g/mol. The molecule has 1 aliphatic heterocycles. The summed E-state index contributed by atoms with van der Waals surface area (Å²) in [6.45, 7) is 0.979. The van der Waals surface area contributed by atoms with Gasteiger partial charge in [-0.1, -0.05) is 0 Å². The Hall–Kier alpha value is -2.79. The Morgan fingerprint density at radius 1 is 1.21 bits per heavy atom. The van der Waals surface area contributed by atoms with Gasteiger partial charge < -0.3 is 4.74 Å². The van der Waals surface area contributed by atoms with E-state index in [4.69, 9.17) is 4.74 Å². The Morgan fingerprint density at radius 3 is 2.90 bits per heavy atom. The Morgan fingerprint density at radius 2 is 2.07 bits per heavy atom. The maximum Gasteiger partial charge on any atom is 0.302 e. The van der Waals surface area contributed by atoms with E-state index in [0.29, 0.717) is 29.7 Å². The minimum atomic E-state index is -3.19. The molecule has 2 fully saturated rings. The lowest BCUT2D eigenvalue weighted by Crippen LogP contribution is -2.42. The van der Waals surface area contributed by atoms with Crippen LogP contribution in [0, 0.1) is 0 Å². The van der Waals surface area contributed by atoms with Crippen LogP contribution in [0.15, 0.2) is 35.6 Å². The van der Waals surface area contributed by atoms with Crippen molar-refractivity contribution in [2.45, 2.75) is 37.0 Å². The van der Waals surface area contributed by atoms with Crippen molar-refractivity contribution in [3.63, 3.8) is 0 Å². The van der Waals surface area contributed by atoms with Crippen molar-refractivity contribution in [3.05, 3.63) is 41.2 Å². The van der Waals surface area contributed by atoms with Crippen LogP contribution < -0.4 is 10.3 Å². The number of aromatic nitrogens is 5. The number of H-pyrrole nitrogens is 1. The molecule has 5 rings (SSSR count). The smallest absolute Gasteiger partial charge is 0.302 e. The second-order valence-corrected chi connectivity index (χ2v) is 9.63. The molecule has 0 aromatic carbocycles. The van der Waals surface area contributed by atoms with Crippen LogP contribution >= 0.6 is 0 Å². The summed E-state index contributed by atoms with van der Waals surface area (Å²) in [4.78, 5) is 23.0. The molecule has 10 nitrogen and oxygen atoms in total. The van der Waals surface area contributed by atoms with Crippen molar-refractivity contribution >= 4 is 20.9 Å². The average molecular weight is 416 g/mol.